The number of anilines is 1. The van der Waals surface area contributed by atoms with Gasteiger partial charge >= 0.3 is 5.97 Å². The first kappa shape index (κ1) is 20.7. The molecule has 0 saturated carbocycles. The fraction of sp³-hybridized carbons (Fsp3) is 0.227. The van der Waals surface area contributed by atoms with Gasteiger partial charge in [-0.2, -0.15) is 5.26 Å². The number of rotatable bonds is 8. The number of nitriles is 1. The first-order chi connectivity index (χ1) is 13.5. The van der Waals surface area contributed by atoms with E-state index in [1.807, 2.05) is 12.1 Å². The van der Waals surface area contributed by atoms with E-state index in [1.54, 1.807) is 61.7 Å². The van der Waals surface area contributed by atoms with Crippen molar-refractivity contribution in [1.29, 1.82) is 5.26 Å². The number of benzene rings is 2. The molecule has 6 nitrogen and oxygen atoms in total. The summed E-state index contributed by atoms with van der Waals surface area (Å²) in [7, 11) is 1.58. The third-order valence-electron chi connectivity index (χ3n) is 3.95. The molecule has 0 spiro atoms. The van der Waals surface area contributed by atoms with Gasteiger partial charge in [-0.1, -0.05) is 30.3 Å². The number of amides is 1. The maximum atomic E-state index is 12.7. The summed E-state index contributed by atoms with van der Waals surface area (Å²) in [6.45, 7) is 1.74. The second-order valence-corrected chi connectivity index (χ2v) is 5.92. The fourth-order valence-electron chi connectivity index (χ4n) is 2.50. The molecule has 0 aliphatic carbocycles. The van der Waals surface area contributed by atoms with Crippen molar-refractivity contribution < 1.29 is 19.1 Å². The Labute approximate surface area is 164 Å². The number of ether oxygens (including phenoxy) is 2. The smallest absolute Gasteiger partial charge is 0.331 e. The molecule has 1 atom stereocenters. The van der Waals surface area contributed by atoms with Crippen molar-refractivity contribution in [3.8, 4) is 11.8 Å². The summed E-state index contributed by atoms with van der Waals surface area (Å²) >= 11 is 0. The Balaban J connectivity index is 2.01. The molecule has 1 amide bonds. The lowest BCUT2D eigenvalue weighted by atomic mass is 10.2. The van der Waals surface area contributed by atoms with Gasteiger partial charge in [-0.25, -0.2) is 4.79 Å². The Morgan fingerprint density at radius 1 is 1.14 bits per heavy atom. The average molecular weight is 378 g/mol. The maximum Gasteiger partial charge on any atom is 0.331 e. The molecule has 0 heterocycles. The fourth-order valence-corrected chi connectivity index (χ4v) is 2.50. The van der Waals surface area contributed by atoms with E-state index in [9.17, 15) is 9.59 Å². The van der Waals surface area contributed by atoms with Gasteiger partial charge < -0.3 is 14.4 Å². The van der Waals surface area contributed by atoms with Crippen LogP contribution in [-0.4, -0.2) is 31.6 Å². The zero-order valence-electron chi connectivity index (χ0n) is 15.9. The predicted molar refractivity (Wildman–Crippen MR) is 107 cm³/mol. The van der Waals surface area contributed by atoms with Crippen LogP contribution in [0.1, 0.15) is 18.9 Å². The molecule has 2 aromatic rings. The SMILES string of the molecule is COc1ccc(/C=C/C(=O)OC(C)C(=O)N(CCC#N)c2ccccc2)cc1. The summed E-state index contributed by atoms with van der Waals surface area (Å²) < 4.78 is 10.3. The number of esters is 1. The highest BCUT2D eigenvalue weighted by Gasteiger charge is 2.24. The van der Waals surface area contributed by atoms with Crippen molar-refractivity contribution >= 4 is 23.6 Å². The van der Waals surface area contributed by atoms with Gasteiger partial charge in [-0.15, -0.1) is 0 Å². The summed E-state index contributed by atoms with van der Waals surface area (Å²) in [5.41, 5.74) is 1.45. The van der Waals surface area contributed by atoms with E-state index < -0.39 is 12.1 Å². The Bertz CT molecular complexity index is 854. The van der Waals surface area contributed by atoms with Gasteiger partial charge in [0, 0.05) is 18.3 Å². The Morgan fingerprint density at radius 3 is 2.43 bits per heavy atom. The molecule has 0 aromatic heterocycles. The minimum Gasteiger partial charge on any atom is -0.497 e. The van der Waals surface area contributed by atoms with E-state index in [4.69, 9.17) is 14.7 Å². The van der Waals surface area contributed by atoms with Crippen LogP contribution in [0.5, 0.6) is 5.75 Å². The molecule has 2 aromatic carbocycles. The van der Waals surface area contributed by atoms with Crippen molar-refractivity contribution in [2.24, 2.45) is 0 Å². The van der Waals surface area contributed by atoms with E-state index in [0.717, 1.165) is 11.3 Å². The van der Waals surface area contributed by atoms with Gasteiger partial charge in [0.25, 0.3) is 5.91 Å². The molecule has 6 heteroatoms. The predicted octanol–water partition coefficient (Wildman–Crippen LogP) is 3.59. The topological polar surface area (TPSA) is 79.6 Å². The second kappa shape index (κ2) is 10.5. The number of para-hydroxylation sites is 1. The molecule has 0 fully saturated rings. The molecule has 0 saturated heterocycles. The number of carbonyl (C=O) groups excluding carboxylic acids is 2. The molecule has 28 heavy (non-hydrogen) atoms. The highest BCUT2D eigenvalue weighted by Crippen LogP contribution is 2.16. The number of methoxy groups -OCH3 is 1. The second-order valence-electron chi connectivity index (χ2n) is 5.92. The summed E-state index contributed by atoms with van der Waals surface area (Å²) in [5.74, 6) is -0.282. The molecule has 144 valence electrons. The van der Waals surface area contributed by atoms with Crippen molar-refractivity contribution in [3.05, 3.63) is 66.2 Å². The average Bonchev–Trinajstić information content (AvgIpc) is 2.73. The Kier molecular flexibility index (Phi) is 7.79. The molecular formula is C22H22N2O4. The van der Waals surface area contributed by atoms with E-state index in [1.165, 1.54) is 17.9 Å². The van der Waals surface area contributed by atoms with Gasteiger partial charge in [-0.05, 0) is 42.8 Å². The third kappa shape index (κ3) is 5.99. The standard InChI is InChI=1S/C22H22N2O4/c1-17(22(26)24(16-6-15-23)19-7-4-3-5-8-19)28-21(25)14-11-18-9-12-20(27-2)13-10-18/h3-5,7-14,17H,6,16H2,1-2H3/b14-11+. The Hall–Kier alpha value is -3.59. The molecule has 0 radical (unpaired) electrons. The number of hydrogen-bond acceptors (Lipinski definition) is 5. The summed E-state index contributed by atoms with van der Waals surface area (Å²) in [5, 5.41) is 8.85. The summed E-state index contributed by atoms with van der Waals surface area (Å²) in [6, 6.07) is 18.2. The highest BCUT2D eigenvalue weighted by atomic mass is 16.5. The zero-order valence-corrected chi connectivity index (χ0v) is 15.9. The van der Waals surface area contributed by atoms with E-state index in [2.05, 4.69) is 0 Å². The van der Waals surface area contributed by atoms with Crippen LogP contribution in [0, 0.1) is 11.3 Å². The largest absolute Gasteiger partial charge is 0.497 e. The van der Waals surface area contributed by atoms with Crippen molar-refractivity contribution in [1.82, 2.24) is 0 Å². The minimum absolute atomic E-state index is 0.179. The lowest BCUT2D eigenvalue weighted by Crippen LogP contribution is -2.40. The minimum atomic E-state index is -0.980. The normalized spacial score (nSPS) is 11.5. The third-order valence-corrected chi connectivity index (χ3v) is 3.95. The van der Waals surface area contributed by atoms with Gasteiger partial charge in [0.2, 0.25) is 0 Å². The lowest BCUT2D eigenvalue weighted by molar-refractivity contribution is -0.149. The molecular weight excluding hydrogens is 356 g/mol. The van der Waals surface area contributed by atoms with Gasteiger partial charge in [0.15, 0.2) is 6.10 Å². The number of nitrogens with zero attached hydrogens (tertiary/aromatic N) is 2. The highest BCUT2D eigenvalue weighted by molar-refractivity contribution is 5.98. The van der Waals surface area contributed by atoms with E-state index >= 15 is 0 Å². The quantitative estimate of drug-likeness (QED) is 0.518. The van der Waals surface area contributed by atoms with Crippen LogP contribution in [0.25, 0.3) is 6.08 Å². The molecule has 0 N–H and O–H groups in total. The number of carbonyl (C=O) groups is 2. The Morgan fingerprint density at radius 2 is 1.82 bits per heavy atom. The van der Waals surface area contributed by atoms with Crippen LogP contribution in [0.4, 0.5) is 5.69 Å². The van der Waals surface area contributed by atoms with Crippen LogP contribution in [-0.2, 0) is 14.3 Å². The van der Waals surface area contributed by atoms with Gasteiger partial charge in [-0.3, -0.25) is 4.79 Å². The first-order valence-electron chi connectivity index (χ1n) is 8.81. The van der Waals surface area contributed by atoms with E-state index in [-0.39, 0.29) is 18.9 Å². The van der Waals surface area contributed by atoms with Crippen LogP contribution in [0.15, 0.2) is 60.7 Å². The van der Waals surface area contributed by atoms with Crippen LogP contribution in [0.2, 0.25) is 0 Å². The summed E-state index contributed by atoms with van der Waals surface area (Å²) in [4.78, 5) is 26.3. The summed E-state index contributed by atoms with van der Waals surface area (Å²) in [6.07, 6.45) is 2.07. The molecule has 2 rings (SSSR count). The first-order valence-corrected chi connectivity index (χ1v) is 8.81. The number of hydrogen-bond donors (Lipinski definition) is 0. The van der Waals surface area contributed by atoms with E-state index in [0.29, 0.717) is 5.69 Å². The van der Waals surface area contributed by atoms with Crippen molar-refractivity contribution in [2.45, 2.75) is 19.4 Å². The van der Waals surface area contributed by atoms with Crippen LogP contribution < -0.4 is 9.64 Å². The molecule has 0 aliphatic rings. The van der Waals surface area contributed by atoms with Crippen molar-refractivity contribution in [2.75, 3.05) is 18.6 Å². The monoisotopic (exact) mass is 378 g/mol. The van der Waals surface area contributed by atoms with Crippen LogP contribution in [0.3, 0.4) is 0 Å². The zero-order chi connectivity index (χ0) is 20.4. The van der Waals surface area contributed by atoms with Crippen LogP contribution >= 0.6 is 0 Å². The molecule has 0 bridgehead atoms. The molecule has 0 aliphatic heterocycles. The lowest BCUT2D eigenvalue weighted by Gasteiger charge is -2.24. The van der Waals surface area contributed by atoms with Gasteiger partial charge in [0.05, 0.1) is 19.6 Å². The maximum absolute atomic E-state index is 12.7. The molecule has 1 unspecified atom stereocenters. The van der Waals surface area contributed by atoms with Crippen molar-refractivity contribution in [3.63, 3.8) is 0 Å². The van der Waals surface area contributed by atoms with Gasteiger partial charge in [0.1, 0.15) is 5.75 Å².